The number of carbonyl (C=O) groups excluding carboxylic acids is 1. The van der Waals surface area contributed by atoms with Gasteiger partial charge in [-0.1, -0.05) is 6.07 Å². The number of methoxy groups -OCH3 is 1. The summed E-state index contributed by atoms with van der Waals surface area (Å²) in [6, 6.07) is 6.15. The molecular formula is C29H33F2N5O3. The summed E-state index contributed by atoms with van der Waals surface area (Å²) in [7, 11) is 3.42. The summed E-state index contributed by atoms with van der Waals surface area (Å²) in [5.41, 5.74) is 14.3. The van der Waals surface area contributed by atoms with Crippen LogP contribution >= 0.6 is 0 Å². The molecule has 3 unspecified atom stereocenters. The van der Waals surface area contributed by atoms with Crippen LogP contribution in [-0.2, 0) is 21.5 Å². The van der Waals surface area contributed by atoms with Gasteiger partial charge in [0, 0.05) is 38.0 Å². The molecule has 2 fully saturated rings. The quantitative estimate of drug-likeness (QED) is 0.366. The minimum atomic E-state index is -0.798. The molecule has 1 aromatic carbocycles. The van der Waals surface area contributed by atoms with E-state index in [9.17, 15) is 4.79 Å². The second kappa shape index (κ2) is 11.0. The van der Waals surface area contributed by atoms with Crippen LogP contribution in [-0.4, -0.2) is 49.7 Å². The standard InChI is InChI=1S/C29H33F2N5O3/c1-34-25-12-35-4-3-21(25)17-5-16(7-20(32)9-17)6-18-8-19(29(38-2)14-39-15-29)10-22(30)27(18)28-23(31)11-24(33)26(13-37)36-28/h3-4,8,10-13,16-17,20,34H,5-7,9,14-15,32-33H2,1-2H3. The maximum Gasteiger partial charge on any atom is 0.170 e. The predicted molar refractivity (Wildman–Crippen MR) is 144 cm³/mol. The van der Waals surface area contributed by atoms with Crippen molar-refractivity contribution in [3.05, 3.63) is 70.7 Å². The van der Waals surface area contributed by atoms with Gasteiger partial charge >= 0.3 is 0 Å². The number of anilines is 2. The monoisotopic (exact) mass is 537 g/mol. The van der Waals surface area contributed by atoms with Crippen molar-refractivity contribution in [3.63, 3.8) is 0 Å². The molecule has 0 bridgehead atoms. The van der Waals surface area contributed by atoms with E-state index in [2.05, 4.69) is 15.3 Å². The highest BCUT2D eigenvalue weighted by molar-refractivity contribution is 5.82. The molecule has 2 aromatic heterocycles. The molecule has 0 radical (unpaired) electrons. The summed E-state index contributed by atoms with van der Waals surface area (Å²) >= 11 is 0. The summed E-state index contributed by atoms with van der Waals surface area (Å²) in [4.78, 5) is 19.9. The van der Waals surface area contributed by atoms with Crippen LogP contribution in [0.15, 0.2) is 36.7 Å². The molecule has 0 spiro atoms. The number of pyridine rings is 2. The van der Waals surface area contributed by atoms with Crippen molar-refractivity contribution >= 4 is 17.7 Å². The fourth-order valence-corrected chi connectivity index (χ4v) is 6.02. The number of aldehydes is 1. The third kappa shape index (κ3) is 5.11. The number of nitrogen functional groups attached to an aromatic ring is 1. The third-order valence-electron chi connectivity index (χ3n) is 8.06. The number of aromatic nitrogens is 2. The van der Waals surface area contributed by atoms with Crippen LogP contribution in [0.4, 0.5) is 20.2 Å². The van der Waals surface area contributed by atoms with Gasteiger partial charge in [-0.3, -0.25) is 9.78 Å². The number of benzene rings is 1. The zero-order chi connectivity index (χ0) is 27.7. The molecule has 3 atom stereocenters. The van der Waals surface area contributed by atoms with E-state index >= 15 is 8.78 Å². The Bertz CT molecular complexity index is 1380. The third-order valence-corrected chi connectivity index (χ3v) is 8.06. The van der Waals surface area contributed by atoms with Crippen molar-refractivity contribution in [2.45, 2.75) is 43.2 Å². The number of nitrogens with one attached hydrogen (secondary N) is 1. The normalized spacial score (nSPS) is 22.2. The minimum absolute atomic E-state index is 0.0152. The molecule has 39 heavy (non-hydrogen) atoms. The van der Waals surface area contributed by atoms with E-state index in [4.69, 9.17) is 20.9 Å². The Morgan fingerprint density at radius 1 is 1.21 bits per heavy atom. The van der Waals surface area contributed by atoms with E-state index in [1.54, 1.807) is 19.5 Å². The van der Waals surface area contributed by atoms with Crippen molar-refractivity contribution in [1.29, 1.82) is 0 Å². The smallest absolute Gasteiger partial charge is 0.170 e. The van der Waals surface area contributed by atoms with Gasteiger partial charge in [-0.05, 0) is 66.3 Å². The molecule has 1 saturated heterocycles. The number of carbonyl (C=O) groups is 1. The first-order chi connectivity index (χ1) is 18.8. The SMILES string of the molecule is CNc1cnccc1C1CC(N)CC(Cc2cc(C3(OC)COC3)cc(F)c2-c2nc(C=O)c(N)cc2F)C1. The van der Waals surface area contributed by atoms with Crippen molar-refractivity contribution < 1.29 is 23.0 Å². The van der Waals surface area contributed by atoms with Crippen molar-refractivity contribution in [2.24, 2.45) is 11.7 Å². The first-order valence-corrected chi connectivity index (χ1v) is 13.0. The van der Waals surface area contributed by atoms with Gasteiger partial charge in [-0.25, -0.2) is 13.8 Å². The molecule has 3 aromatic rings. The molecule has 2 aliphatic rings. The summed E-state index contributed by atoms with van der Waals surface area (Å²) < 4.78 is 42.3. The number of nitrogens with zero attached hydrogens (tertiary/aromatic N) is 2. The summed E-state index contributed by atoms with van der Waals surface area (Å²) in [6.07, 6.45) is 6.81. The average molecular weight is 538 g/mol. The fraction of sp³-hybridized carbons (Fsp3) is 0.414. The molecule has 10 heteroatoms. The van der Waals surface area contributed by atoms with Crippen LogP contribution in [0.1, 0.15) is 52.4 Å². The second-order valence-electron chi connectivity index (χ2n) is 10.5. The largest absolute Gasteiger partial charge is 0.397 e. The second-order valence-corrected chi connectivity index (χ2v) is 10.5. The highest BCUT2D eigenvalue weighted by Gasteiger charge is 2.42. The molecule has 1 saturated carbocycles. The van der Waals surface area contributed by atoms with Gasteiger partial charge in [0.25, 0.3) is 0 Å². The summed E-state index contributed by atoms with van der Waals surface area (Å²) in [5, 5.41) is 3.21. The molecule has 8 nitrogen and oxygen atoms in total. The topological polar surface area (TPSA) is 125 Å². The Morgan fingerprint density at radius 3 is 2.67 bits per heavy atom. The lowest BCUT2D eigenvalue weighted by atomic mass is 9.73. The first-order valence-electron chi connectivity index (χ1n) is 13.0. The van der Waals surface area contributed by atoms with E-state index < -0.39 is 17.2 Å². The predicted octanol–water partition coefficient (Wildman–Crippen LogP) is 4.18. The molecule has 0 amide bonds. The maximum absolute atomic E-state index is 15.9. The van der Waals surface area contributed by atoms with E-state index in [0.717, 1.165) is 36.6 Å². The van der Waals surface area contributed by atoms with Crippen LogP contribution in [0.5, 0.6) is 0 Å². The molecule has 5 N–H and O–H groups in total. The minimum Gasteiger partial charge on any atom is -0.397 e. The number of rotatable bonds is 8. The maximum atomic E-state index is 15.9. The molecule has 1 aliphatic heterocycles. The molecule has 206 valence electrons. The highest BCUT2D eigenvalue weighted by Crippen LogP contribution is 2.43. The number of hydrogen-bond acceptors (Lipinski definition) is 8. The Hall–Kier alpha value is -3.47. The van der Waals surface area contributed by atoms with Crippen molar-refractivity contribution in [3.8, 4) is 11.3 Å². The van der Waals surface area contributed by atoms with Crippen molar-refractivity contribution in [2.75, 3.05) is 38.4 Å². The van der Waals surface area contributed by atoms with Crippen LogP contribution in [0.25, 0.3) is 11.3 Å². The zero-order valence-electron chi connectivity index (χ0n) is 22.0. The summed E-state index contributed by atoms with van der Waals surface area (Å²) in [6.45, 7) is 0.577. The Kier molecular flexibility index (Phi) is 7.61. The lowest BCUT2D eigenvalue weighted by molar-refractivity contribution is -0.202. The summed E-state index contributed by atoms with van der Waals surface area (Å²) in [5.74, 6) is -1.18. The van der Waals surface area contributed by atoms with Crippen LogP contribution in [0.2, 0.25) is 0 Å². The molecule has 1 aliphatic carbocycles. The number of ether oxygens (including phenoxy) is 2. The van der Waals surface area contributed by atoms with E-state index in [-0.39, 0.29) is 53.7 Å². The molecule has 3 heterocycles. The average Bonchev–Trinajstić information content (AvgIpc) is 2.89. The van der Waals surface area contributed by atoms with Crippen LogP contribution < -0.4 is 16.8 Å². The van der Waals surface area contributed by atoms with Crippen molar-refractivity contribution in [1.82, 2.24) is 9.97 Å². The van der Waals surface area contributed by atoms with Gasteiger partial charge in [0.05, 0.1) is 30.8 Å². The van der Waals surface area contributed by atoms with Gasteiger partial charge in [0.2, 0.25) is 0 Å². The Morgan fingerprint density at radius 2 is 2.00 bits per heavy atom. The van der Waals surface area contributed by atoms with Crippen LogP contribution in [0.3, 0.4) is 0 Å². The van der Waals surface area contributed by atoms with Gasteiger partial charge in [0.1, 0.15) is 22.8 Å². The molecular weight excluding hydrogens is 504 g/mol. The number of halogens is 2. The van der Waals surface area contributed by atoms with Gasteiger partial charge in [-0.15, -0.1) is 0 Å². The number of nitrogens with two attached hydrogens (primary N) is 2. The van der Waals surface area contributed by atoms with Gasteiger partial charge in [0.15, 0.2) is 12.1 Å². The van der Waals surface area contributed by atoms with Gasteiger partial charge < -0.3 is 26.3 Å². The lowest BCUT2D eigenvalue weighted by Crippen LogP contribution is -2.48. The first kappa shape index (κ1) is 27.1. The van der Waals surface area contributed by atoms with E-state index in [1.165, 1.54) is 6.07 Å². The zero-order valence-corrected chi connectivity index (χ0v) is 22.0. The van der Waals surface area contributed by atoms with Crippen LogP contribution in [0, 0.1) is 17.6 Å². The highest BCUT2D eigenvalue weighted by atomic mass is 19.1. The number of hydrogen-bond donors (Lipinski definition) is 3. The molecule has 5 rings (SSSR count). The lowest BCUT2D eigenvalue weighted by Gasteiger charge is -2.41. The van der Waals surface area contributed by atoms with E-state index in [0.29, 0.717) is 23.8 Å². The van der Waals surface area contributed by atoms with Gasteiger partial charge in [-0.2, -0.15) is 0 Å². The Balaban J connectivity index is 1.58. The Labute approximate surface area is 226 Å². The fourth-order valence-electron chi connectivity index (χ4n) is 6.02. The van der Waals surface area contributed by atoms with E-state index in [1.807, 2.05) is 19.2 Å².